The number of carbonyl (C=O) groups is 1. The summed E-state index contributed by atoms with van der Waals surface area (Å²) in [5.41, 5.74) is 1.83. The summed E-state index contributed by atoms with van der Waals surface area (Å²) in [6, 6.07) is 15.7. The second-order valence-corrected chi connectivity index (χ2v) is 8.78. The molecule has 1 atom stereocenters. The van der Waals surface area contributed by atoms with E-state index in [1.165, 1.54) is 4.80 Å². The first kappa shape index (κ1) is 18.2. The number of amides is 1. The third-order valence-electron chi connectivity index (χ3n) is 4.38. The second kappa shape index (κ2) is 7.82. The highest BCUT2D eigenvalue weighted by atomic mass is 79.9. The van der Waals surface area contributed by atoms with Crippen molar-refractivity contribution in [1.82, 2.24) is 20.2 Å². The lowest BCUT2D eigenvalue weighted by Crippen LogP contribution is -2.35. The molecule has 0 radical (unpaired) electrons. The highest BCUT2D eigenvalue weighted by molar-refractivity contribution is 9.10. The fourth-order valence-electron chi connectivity index (χ4n) is 2.98. The minimum Gasteiger partial charge on any atom is -0.310 e. The molecule has 1 aliphatic rings. The van der Waals surface area contributed by atoms with Crippen molar-refractivity contribution in [3.05, 3.63) is 53.0 Å². The maximum Gasteiger partial charge on any atom is 0.250 e. The first-order chi connectivity index (χ1) is 13.1. The Bertz CT molecular complexity index is 959. The number of anilines is 1. The summed E-state index contributed by atoms with van der Waals surface area (Å²) >= 11 is 5.22. The second-order valence-electron chi connectivity index (χ2n) is 6.38. The number of benzene rings is 2. The number of carbonyl (C=O) groups excluding carboxylic acids is 1. The van der Waals surface area contributed by atoms with Crippen LogP contribution in [0.3, 0.4) is 0 Å². The fourth-order valence-corrected chi connectivity index (χ4v) is 4.35. The quantitative estimate of drug-likeness (QED) is 0.611. The van der Waals surface area contributed by atoms with Crippen LogP contribution in [0.5, 0.6) is 0 Å². The van der Waals surface area contributed by atoms with E-state index in [1.807, 2.05) is 59.1 Å². The standard InChI is InChI=1S/C19H18BrN5OS/c1-13-10-11-24(16-4-2-3-5-17(16)27-13)18(26)12-25-22-19(21-23-25)14-6-8-15(20)9-7-14/h2-9,13H,10-12H2,1H3/t13-/m1/s1. The molecule has 2 aromatic carbocycles. The van der Waals surface area contributed by atoms with Gasteiger partial charge in [-0.1, -0.05) is 35.0 Å². The summed E-state index contributed by atoms with van der Waals surface area (Å²) in [7, 11) is 0. The Hall–Kier alpha value is -2.19. The van der Waals surface area contributed by atoms with Crippen LogP contribution in [0.15, 0.2) is 57.9 Å². The minimum absolute atomic E-state index is 0.0306. The molecule has 6 nitrogen and oxygen atoms in total. The molecule has 138 valence electrons. The van der Waals surface area contributed by atoms with Crippen molar-refractivity contribution < 1.29 is 4.79 Å². The van der Waals surface area contributed by atoms with Gasteiger partial charge in [-0.25, -0.2) is 0 Å². The van der Waals surface area contributed by atoms with Crippen LogP contribution in [0.2, 0.25) is 0 Å². The van der Waals surface area contributed by atoms with Crippen molar-refractivity contribution in [2.24, 2.45) is 0 Å². The number of rotatable bonds is 3. The van der Waals surface area contributed by atoms with Gasteiger partial charge in [-0.05, 0) is 48.0 Å². The summed E-state index contributed by atoms with van der Waals surface area (Å²) in [6.07, 6.45) is 0.944. The molecule has 0 saturated heterocycles. The molecule has 0 fully saturated rings. The lowest BCUT2D eigenvalue weighted by atomic mass is 10.2. The molecule has 4 rings (SSSR count). The van der Waals surface area contributed by atoms with Crippen LogP contribution < -0.4 is 4.90 Å². The van der Waals surface area contributed by atoms with Crippen molar-refractivity contribution in [3.8, 4) is 11.4 Å². The van der Waals surface area contributed by atoms with E-state index < -0.39 is 0 Å². The Kier molecular flexibility index (Phi) is 5.27. The topological polar surface area (TPSA) is 63.9 Å². The molecular formula is C19H18BrN5OS. The zero-order chi connectivity index (χ0) is 18.8. The van der Waals surface area contributed by atoms with E-state index >= 15 is 0 Å². The molecule has 8 heteroatoms. The molecule has 0 saturated carbocycles. The van der Waals surface area contributed by atoms with Crippen LogP contribution in [0.25, 0.3) is 11.4 Å². The van der Waals surface area contributed by atoms with E-state index in [-0.39, 0.29) is 12.5 Å². The Labute approximate surface area is 170 Å². The molecule has 0 N–H and O–H groups in total. The number of thioether (sulfide) groups is 1. The van der Waals surface area contributed by atoms with E-state index in [9.17, 15) is 4.79 Å². The van der Waals surface area contributed by atoms with Gasteiger partial charge in [-0.2, -0.15) is 4.80 Å². The summed E-state index contributed by atoms with van der Waals surface area (Å²) in [6.45, 7) is 2.95. The van der Waals surface area contributed by atoms with Gasteiger partial charge in [-0.15, -0.1) is 22.0 Å². The van der Waals surface area contributed by atoms with Gasteiger partial charge < -0.3 is 4.90 Å². The van der Waals surface area contributed by atoms with Crippen molar-refractivity contribution in [2.45, 2.75) is 30.0 Å². The number of para-hydroxylation sites is 1. The Morgan fingerprint density at radius 1 is 1.22 bits per heavy atom. The van der Waals surface area contributed by atoms with Crippen LogP contribution in [0.4, 0.5) is 5.69 Å². The van der Waals surface area contributed by atoms with Crippen molar-refractivity contribution in [1.29, 1.82) is 0 Å². The van der Waals surface area contributed by atoms with Crippen LogP contribution >= 0.6 is 27.7 Å². The third kappa shape index (κ3) is 4.06. The molecule has 0 aliphatic carbocycles. The van der Waals surface area contributed by atoms with Crippen LogP contribution in [0, 0.1) is 0 Å². The normalized spacial score (nSPS) is 16.7. The Balaban J connectivity index is 1.53. The first-order valence-electron chi connectivity index (χ1n) is 8.70. The number of aromatic nitrogens is 4. The van der Waals surface area contributed by atoms with E-state index in [2.05, 4.69) is 44.3 Å². The summed E-state index contributed by atoms with van der Waals surface area (Å²) in [5.74, 6) is 0.479. The molecule has 0 unspecified atom stereocenters. The maximum atomic E-state index is 13.0. The van der Waals surface area contributed by atoms with Gasteiger partial charge in [0.1, 0.15) is 6.54 Å². The maximum absolute atomic E-state index is 13.0. The fraction of sp³-hybridized carbons (Fsp3) is 0.263. The molecule has 27 heavy (non-hydrogen) atoms. The van der Waals surface area contributed by atoms with Crippen LogP contribution in [-0.4, -0.2) is 37.9 Å². The average molecular weight is 444 g/mol. The lowest BCUT2D eigenvalue weighted by molar-refractivity contribution is -0.119. The van der Waals surface area contributed by atoms with Gasteiger partial charge in [0, 0.05) is 26.7 Å². The van der Waals surface area contributed by atoms with Crippen molar-refractivity contribution in [2.75, 3.05) is 11.4 Å². The number of nitrogens with zero attached hydrogens (tertiary/aromatic N) is 5. The lowest BCUT2D eigenvalue weighted by Gasteiger charge is -2.22. The number of hydrogen-bond donors (Lipinski definition) is 0. The highest BCUT2D eigenvalue weighted by Gasteiger charge is 2.24. The van der Waals surface area contributed by atoms with E-state index in [0.29, 0.717) is 17.6 Å². The zero-order valence-corrected chi connectivity index (χ0v) is 17.2. The zero-order valence-electron chi connectivity index (χ0n) is 14.7. The van der Waals surface area contributed by atoms with Gasteiger partial charge in [0.2, 0.25) is 5.82 Å². The number of fused-ring (bicyclic) bond motifs is 1. The molecule has 0 bridgehead atoms. The monoisotopic (exact) mass is 443 g/mol. The summed E-state index contributed by atoms with van der Waals surface area (Å²) in [4.78, 5) is 17.3. The van der Waals surface area contributed by atoms with E-state index in [0.717, 1.165) is 27.0 Å². The number of hydrogen-bond acceptors (Lipinski definition) is 5. The molecule has 1 aliphatic heterocycles. The summed E-state index contributed by atoms with van der Waals surface area (Å²) < 4.78 is 0.987. The predicted molar refractivity (Wildman–Crippen MR) is 110 cm³/mol. The van der Waals surface area contributed by atoms with Gasteiger partial charge in [-0.3, -0.25) is 4.79 Å². The van der Waals surface area contributed by atoms with Crippen molar-refractivity contribution in [3.63, 3.8) is 0 Å². The third-order valence-corrected chi connectivity index (χ3v) is 6.14. The van der Waals surface area contributed by atoms with Crippen molar-refractivity contribution >= 4 is 39.3 Å². The molecule has 3 aromatic rings. The molecule has 0 spiro atoms. The van der Waals surface area contributed by atoms with Gasteiger partial charge >= 0.3 is 0 Å². The van der Waals surface area contributed by atoms with E-state index in [4.69, 9.17) is 0 Å². The largest absolute Gasteiger partial charge is 0.310 e. The molecule has 1 amide bonds. The molecule has 2 heterocycles. The average Bonchev–Trinajstić information content (AvgIpc) is 3.04. The minimum atomic E-state index is -0.0306. The van der Waals surface area contributed by atoms with Crippen LogP contribution in [-0.2, 0) is 11.3 Å². The van der Waals surface area contributed by atoms with Crippen LogP contribution in [0.1, 0.15) is 13.3 Å². The first-order valence-corrected chi connectivity index (χ1v) is 10.4. The van der Waals surface area contributed by atoms with E-state index in [1.54, 1.807) is 0 Å². The highest BCUT2D eigenvalue weighted by Crippen LogP contribution is 2.37. The summed E-state index contributed by atoms with van der Waals surface area (Å²) in [5, 5.41) is 13.0. The van der Waals surface area contributed by atoms with Gasteiger partial charge in [0.05, 0.1) is 5.69 Å². The van der Waals surface area contributed by atoms with Gasteiger partial charge in [0.25, 0.3) is 5.91 Å². The number of tetrazole rings is 1. The SMILES string of the molecule is C[C@@H]1CCN(C(=O)Cn2nnc(-c3ccc(Br)cc3)n2)c2ccccc2S1. The molecule has 1 aromatic heterocycles. The number of halogens is 1. The predicted octanol–water partition coefficient (Wildman–Crippen LogP) is 4.02. The van der Waals surface area contributed by atoms with Gasteiger partial charge in [0.15, 0.2) is 0 Å². The molecular weight excluding hydrogens is 426 g/mol. The Morgan fingerprint density at radius 2 is 2.00 bits per heavy atom. The Morgan fingerprint density at radius 3 is 2.81 bits per heavy atom. The smallest absolute Gasteiger partial charge is 0.250 e.